The molecular weight excluding hydrogens is 240 g/mol. The highest BCUT2D eigenvalue weighted by atomic mass is 16.5. The van der Waals surface area contributed by atoms with Crippen LogP contribution in [0.15, 0.2) is 28.8 Å². The molecule has 1 fully saturated rings. The average Bonchev–Trinajstić information content (AvgIpc) is 3.11. The smallest absolute Gasteiger partial charge is 0.266 e. The fourth-order valence-electron chi connectivity index (χ4n) is 2.36. The molecule has 3 rings (SSSR count). The SMILES string of the molecule is NCCc1ccc(-c2nc(N3CCCC3)no2)cc1. The van der Waals surface area contributed by atoms with Crippen LogP contribution in [0.3, 0.4) is 0 Å². The molecule has 1 aromatic carbocycles. The molecule has 1 aliphatic heterocycles. The maximum absolute atomic E-state index is 5.54. The van der Waals surface area contributed by atoms with Gasteiger partial charge in [0.15, 0.2) is 0 Å². The van der Waals surface area contributed by atoms with E-state index in [1.54, 1.807) is 0 Å². The fourth-order valence-corrected chi connectivity index (χ4v) is 2.36. The number of benzene rings is 1. The van der Waals surface area contributed by atoms with E-state index in [4.69, 9.17) is 10.3 Å². The minimum atomic E-state index is 0.584. The van der Waals surface area contributed by atoms with Gasteiger partial charge in [-0.15, -0.1) is 0 Å². The first-order chi connectivity index (χ1) is 9.36. The van der Waals surface area contributed by atoms with E-state index in [1.165, 1.54) is 18.4 Å². The molecule has 2 heterocycles. The third kappa shape index (κ3) is 2.61. The monoisotopic (exact) mass is 258 g/mol. The van der Waals surface area contributed by atoms with Crippen LogP contribution in [0.1, 0.15) is 18.4 Å². The number of rotatable bonds is 4. The fraction of sp³-hybridized carbons (Fsp3) is 0.429. The summed E-state index contributed by atoms with van der Waals surface area (Å²) in [7, 11) is 0. The second-order valence-corrected chi connectivity index (χ2v) is 4.83. The molecule has 0 radical (unpaired) electrons. The van der Waals surface area contributed by atoms with Crippen LogP contribution in [0.5, 0.6) is 0 Å². The predicted molar refractivity (Wildman–Crippen MR) is 73.9 cm³/mol. The summed E-state index contributed by atoms with van der Waals surface area (Å²) in [4.78, 5) is 6.62. The lowest BCUT2D eigenvalue weighted by Gasteiger charge is -2.09. The number of nitrogens with zero attached hydrogens (tertiary/aromatic N) is 3. The first-order valence-corrected chi connectivity index (χ1v) is 6.75. The standard InChI is InChI=1S/C14H18N4O/c15-8-7-11-3-5-12(6-4-11)13-16-14(17-19-13)18-9-1-2-10-18/h3-6H,1-2,7-10,15H2. The number of nitrogens with two attached hydrogens (primary N) is 1. The van der Waals surface area contributed by atoms with Crippen LogP contribution in [0, 0.1) is 0 Å². The Bertz CT molecular complexity index is 529. The molecule has 0 saturated carbocycles. The van der Waals surface area contributed by atoms with Crippen molar-refractivity contribution >= 4 is 5.95 Å². The van der Waals surface area contributed by atoms with E-state index in [0.29, 0.717) is 18.4 Å². The van der Waals surface area contributed by atoms with Gasteiger partial charge in [0.25, 0.3) is 11.8 Å². The van der Waals surface area contributed by atoms with Gasteiger partial charge in [-0.05, 0) is 48.7 Å². The number of aromatic nitrogens is 2. The minimum absolute atomic E-state index is 0.584. The Morgan fingerprint density at radius 2 is 1.89 bits per heavy atom. The van der Waals surface area contributed by atoms with Crippen molar-refractivity contribution in [1.82, 2.24) is 10.1 Å². The topological polar surface area (TPSA) is 68.2 Å². The third-order valence-electron chi connectivity index (χ3n) is 3.44. The van der Waals surface area contributed by atoms with Crippen molar-refractivity contribution < 1.29 is 4.52 Å². The van der Waals surface area contributed by atoms with Crippen LogP contribution < -0.4 is 10.6 Å². The number of hydrogen-bond donors (Lipinski definition) is 1. The summed E-state index contributed by atoms with van der Waals surface area (Å²) < 4.78 is 5.34. The van der Waals surface area contributed by atoms with E-state index < -0.39 is 0 Å². The highest BCUT2D eigenvalue weighted by Gasteiger charge is 2.18. The lowest BCUT2D eigenvalue weighted by Crippen LogP contribution is -2.18. The molecule has 0 unspecified atom stereocenters. The van der Waals surface area contributed by atoms with Gasteiger partial charge in [0.05, 0.1) is 0 Å². The maximum atomic E-state index is 5.54. The zero-order valence-electron chi connectivity index (χ0n) is 10.9. The van der Waals surface area contributed by atoms with Crippen LogP contribution in [-0.2, 0) is 6.42 Å². The molecule has 0 spiro atoms. The molecule has 2 aromatic rings. The molecule has 1 aliphatic rings. The van der Waals surface area contributed by atoms with E-state index in [1.807, 2.05) is 12.1 Å². The van der Waals surface area contributed by atoms with E-state index in [-0.39, 0.29) is 0 Å². The van der Waals surface area contributed by atoms with E-state index in [0.717, 1.165) is 25.1 Å². The molecule has 2 N–H and O–H groups in total. The summed E-state index contributed by atoms with van der Waals surface area (Å²) in [6, 6.07) is 8.13. The molecule has 5 nitrogen and oxygen atoms in total. The highest BCUT2D eigenvalue weighted by molar-refractivity contribution is 5.55. The summed E-state index contributed by atoms with van der Waals surface area (Å²) in [5.74, 6) is 1.29. The number of anilines is 1. The van der Waals surface area contributed by atoms with Crippen LogP contribution in [0.4, 0.5) is 5.95 Å². The van der Waals surface area contributed by atoms with Crippen molar-refractivity contribution in [3.8, 4) is 11.5 Å². The van der Waals surface area contributed by atoms with E-state index in [9.17, 15) is 0 Å². The second-order valence-electron chi connectivity index (χ2n) is 4.83. The van der Waals surface area contributed by atoms with Crippen molar-refractivity contribution in [1.29, 1.82) is 0 Å². The van der Waals surface area contributed by atoms with Crippen LogP contribution in [0.2, 0.25) is 0 Å². The van der Waals surface area contributed by atoms with E-state index in [2.05, 4.69) is 27.2 Å². The van der Waals surface area contributed by atoms with Crippen molar-refractivity contribution in [2.45, 2.75) is 19.3 Å². The summed E-state index contributed by atoms with van der Waals surface area (Å²) in [5.41, 5.74) is 7.72. The van der Waals surface area contributed by atoms with Gasteiger partial charge < -0.3 is 15.2 Å². The minimum Gasteiger partial charge on any atom is -0.338 e. The largest absolute Gasteiger partial charge is 0.338 e. The molecule has 1 saturated heterocycles. The zero-order chi connectivity index (χ0) is 13.1. The van der Waals surface area contributed by atoms with Gasteiger partial charge in [0.1, 0.15) is 0 Å². The first kappa shape index (κ1) is 12.2. The summed E-state index contributed by atoms with van der Waals surface area (Å²) in [5, 5.41) is 4.05. The lowest BCUT2D eigenvalue weighted by atomic mass is 10.1. The van der Waals surface area contributed by atoms with Crippen LogP contribution in [-0.4, -0.2) is 29.8 Å². The molecule has 5 heteroatoms. The second kappa shape index (κ2) is 5.40. The Morgan fingerprint density at radius 1 is 1.16 bits per heavy atom. The quantitative estimate of drug-likeness (QED) is 0.906. The molecule has 0 bridgehead atoms. The summed E-state index contributed by atoms with van der Waals surface area (Å²) in [6.45, 7) is 2.71. The Kier molecular flexibility index (Phi) is 3.46. The van der Waals surface area contributed by atoms with Gasteiger partial charge in [-0.3, -0.25) is 0 Å². The van der Waals surface area contributed by atoms with Crippen LogP contribution >= 0.6 is 0 Å². The molecular formula is C14H18N4O. The van der Waals surface area contributed by atoms with E-state index >= 15 is 0 Å². The molecule has 0 amide bonds. The van der Waals surface area contributed by atoms with Gasteiger partial charge in [0, 0.05) is 18.7 Å². The van der Waals surface area contributed by atoms with Crippen molar-refractivity contribution in [3.05, 3.63) is 29.8 Å². The van der Waals surface area contributed by atoms with Gasteiger partial charge in [-0.1, -0.05) is 12.1 Å². The maximum Gasteiger partial charge on any atom is 0.266 e. The lowest BCUT2D eigenvalue weighted by molar-refractivity contribution is 0.430. The molecule has 1 aromatic heterocycles. The van der Waals surface area contributed by atoms with Crippen molar-refractivity contribution in [2.24, 2.45) is 5.73 Å². The Labute approximate surface area is 112 Å². The van der Waals surface area contributed by atoms with Gasteiger partial charge in [-0.2, -0.15) is 4.98 Å². The van der Waals surface area contributed by atoms with Gasteiger partial charge in [0.2, 0.25) is 0 Å². The molecule has 19 heavy (non-hydrogen) atoms. The Morgan fingerprint density at radius 3 is 2.58 bits per heavy atom. The Hall–Kier alpha value is -1.88. The highest BCUT2D eigenvalue weighted by Crippen LogP contribution is 2.22. The average molecular weight is 258 g/mol. The van der Waals surface area contributed by atoms with Crippen molar-refractivity contribution in [3.63, 3.8) is 0 Å². The summed E-state index contributed by atoms with van der Waals surface area (Å²) >= 11 is 0. The van der Waals surface area contributed by atoms with Gasteiger partial charge >= 0.3 is 0 Å². The molecule has 100 valence electrons. The molecule has 0 aliphatic carbocycles. The normalized spacial score (nSPS) is 15.1. The number of hydrogen-bond acceptors (Lipinski definition) is 5. The van der Waals surface area contributed by atoms with Crippen molar-refractivity contribution in [2.75, 3.05) is 24.5 Å². The Balaban J connectivity index is 1.77. The van der Waals surface area contributed by atoms with Gasteiger partial charge in [-0.25, -0.2) is 0 Å². The predicted octanol–water partition coefficient (Wildman–Crippen LogP) is 1.84. The third-order valence-corrected chi connectivity index (χ3v) is 3.44. The first-order valence-electron chi connectivity index (χ1n) is 6.75. The molecule has 0 atom stereocenters. The zero-order valence-corrected chi connectivity index (χ0v) is 10.9. The summed E-state index contributed by atoms with van der Waals surface area (Å²) in [6.07, 6.45) is 3.30. The van der Waals surface area contributed by atoms with Crippen LogP contribution in [0.25, 0.3) is 11.5 Å².